The first kappa shape index (κ1) is 16.3. The molecule has 2 rings (SSSR count). The number of sulfonamides is 1. The van der Waals surface area contributed by atoms with Crippen LogP contribution < -0.4 is 10.5 Å². The van der Waals surface area contributed by atoms with Gasteiger partial charge in [0.2, 0.25) is 10.0 Å². The van der Waals surface area contributed by atoms with Crippen molar-refractivity contribution < 1.29 is 13.2 Å². The number of nitrogens with two attached hydrogens (primary N) is 1. The Labute approximate surface area is 127 Å². The number of hydrogen-bond acceptors (Lipinski definition) is 4. The van der Waals surface area contributed by atoms with Crippen molar-refractivity contribution in [2.24, 2.45) is 5.73 Å². The van der Waals surface area contributed by atoms with E-state index in [0.717, 1.165) is 19.3 Å². The van der Waals surface area contributed by atoms with E-state index >= 15 is 0 Å². The van der Waals surface area contributed by atoms with Crippen LogP contribution >= 0.6 is 0 Å². The number of hydrogen-bond donors (Lipinski definition) is 1. The molecule has 0 aliphatic carbocycles. The molecule has 1 aliphatic heterocycles. The van der Waals surface area contributed by atoms with Gasteiger partial charge in [-0.25, -0.2) is 8.42 Å². The molecule has 5 nitrogen and oxygen atoms in total. The molecule has 2 atom stereocenters. The molecule has 0 bridgehead atoms. The Hall–Kier alpha value is -1.11. The van der Waals surface area contributed by atoms with Gasteiger partial charge in [-0.3, -0.25) is 0 Å². The third-order valence-electron chi connectivity index (χ3n) is 4.07. The van der Waals surface area contributed by atoms with E-state index in [9.17, 15) is 8.42 Å². The van der Waals surface area contributed by atoms with Gasteiger partial charge in [-0.2, -0.15) is 4.31 Å². The summed E-state index contributed by atoms with van der Waals surface area (Å²) in [7, 11) is -1.94. The van der Waals surface area contributed by atoms with Gasteiger partial charge in [0.05, 0.1) is 12.0 Å². The summed E-state index contributed by atoms with van der Waals surface area (Å²) in [5, 5.41) is 0. The average Bonchev–Trinajstić information content (AvgIpc) is 2.46. The minimum atomic E-state index is -3.51. The van der Waals surface area contributed by atoms with E-state index < -0.39 is 10.0 Å². The number of piperidine rings is 1. The predicted octanol–water partition coefficient (Wildman–Crippen LogP) is 1.89. The molecule has 21 heavy (non-hydrogen) atoms. The molecule has 1 fully saturated rings. The van der Waals surface area contributed by atoms with E-state index in [1.807, 2.05) is 6.92 Å². The number of rotatable bonds is 4. The summed E-state index contributed by atoms with van der Waals surface area (Å²) in [4.78, 5) is 0.343. The first-order chi connectivity index (χ1) is 9.87. The summed E-state index contributed by atoms with van der Waals surface area (Å²) in [6.07, 6.45) is 2.74. The molecule has 0 saturated carbocycles. The van der Waals surface area contributed by atoms with Gasteiger partial charge in [0.1, 0.15) is 5.75 Å². The topological polar surface area (TPSA) is 72.6 Å². The van der Waals surface area contributed by atoms with Crippen LogP contribution in [0.3, 0.4) is 0 Å². The molecule has 1 aromatic carbocycles. The predicted molar refractivity (Wildman–Crippen MR) is 82.9 cm³/mol. The molecule has 0 unspecified atom stereocenters. The normalized spacial score (nSPS) is 22.0. The van der Waals surface area contributed by atoms with Crippen molar-refractivity contribution in [2.45, 2.75) is 50.1 Å². The molecule has 6 heteroatoms. The lowest BCUT2D eigenvalue weighted by Crippen LogP contribution is -2.51. The zero-order valence-corrected chi connectivity index (χ0v) is 13.7. The number of benzene rings is 1. The van der Waals surface area contributed by atoms with Gasteiger partial charge in [-0.15, -0.1) is 0 Å². The highest BCUT2D eigenvalue weighted by Gasteiger charge is 2.35. The van der Waals surface area contributed by atoms with E-state index in [0.29, 0.717) is 22.8 Å². The van der Waals surface area contributed by atoms with Crippen LogP contribution in [0.5, 0.6) is 5.75 Å². The molecule has 118 valence electrons. The van der Waals surface area contributed by atoms with Crippen LogP contribution in [0.1, 0.15) is 31.7 Å². The van der Waals surface area contributed by atoms with Crippen molar-refractivity contribution in [3.63, 3.8) is 0 Å². The first-order valence-electron chi connectivity index (χ1n) is 7.30. The Morgan fingerprint density at radius 1 is 1.38 bits per heavy atom. The molecule has 2 N–H and O–H groups in total. The number of ether oxygens (including phenoxy) is 1. The molecule has 1 aliphatic rings. The number of methoxy groups -OCH3 is 1. The standard InChI is InChI=1S/C15H24N2O3S/c1-11-10-13(20-3)7-8-15(11)21(18,19)17-9-5-4-6-14(17)12(2)16/h7-8,10,12,14H,4-6,9,16H2,1-3H3/t12-,14-/m1/s1. The quantitative estimate of drug-likeness (QED) is 0.921. The molecular formula is C15H24N2O3S. The fourth-order valence-electron chi connectivity index (χ4n) is 2.92. The third-order valence-corrected chi connectivity index (χ3v) is 6.16. The molecule has 0 radical (unpaired) electrons. The van der Waals surface area contributed by atoms with Gasteiger partial charge in [0.25, 0.3) is 0 Å². The summed E-state index contributed by atoms with van der Waals surface area (Å²) in [6, 6.07) is 4.77. The van der Waals surface area contributed by atoms with Crippen LogP contribution in [0, 0.1) is 6.92 Å². The molecule has 1 aromatic rings. The van der Waals surface area contributed by atoms with Gasteiger partial charge in [0, 0.05) is 18.6 Å². The maximum atomic E-state index is 13.0. The van der Waals surface area contributed by atoms with E-state index in [4.69, 9.17) is 10.5 Å². The Kier molecular flexibility index (Phi) is 4.91. The minimum Gasteiger partial charge on any atom is -0.497 e. The van der Waals surface area contributed by atoms with E-state index in [2.05, 4.69) is 0 Å². The third kappa shape index (κ3) is 3.22. The van der Waals surface area contributed by atoms with Gasteiger partial charge in [-0.05, 0) is 50.5 Å². The Morgan fingerprint density at radius 3 is 2.67 bits per heavy atom. The van der Waals surface area contributed by atoms with E-state index in [1.54, 1.807) is 36.5 Å². The smallest absolute Gasteiger partial charge is 0.243 e. The monoisotopic (exact) mass is 312 g/mol. The van der Waals surface area contributed by atoms with Crippen molar-refractivity contribution in [1.29, 1.82) is 0 Å². The second-order valence-corrected chi connectivity index (χ2v) is 7.53. The first-order valence-corrected chi connectivity index (χ1v) is 8.74. The Morgan fingerprint density at radius 2 is 2.10 bits per heavy atom. The highest BCUT2D eigenvalue weighted by atomic mass is 32.2. The number of nitrogens with zero attached hydrogens (tertiary/aromatic N) is 1. The Bertz CT molecular complexity index is 599. The SMILES string of the molecule is COc1ccc(S(=O)(=O)N2CCCC[C@@H]2[C@@H](C)N)c(C)c1. The lowest BCUT2D eigenvalue weighted by Gasteiger charge is -2.37. The van der Waals surface area contributed by atoms with Crippen molar-refractivity contribution in [2.75, 3.05) is 13.7 Å². The van der Waals surface area contributed by atoms with Crippen molar-refractivity contribution in [1.82, 2.24) is 4.31 Å². The second kappa shape index (κ2) is 6.34. The summed E-state index contributed by atoms with van der Waals surface area (Å²) in [5.41, 5.74) is 6.69. The average molecular weight is 312 g/mol. The fraction of sp³-hybridized carbons (Fsp3) is 0.600. The molecular weight excluding hydrogens is 288 g/mol. The van der Waals surface area contributed by atoms with Crippen LogP contribution in [0.4, 0.5) is 0 Å². The van der Waals surface area contributed by atoms with E-state index in [1.165, 1.54) is 0 Å². The summed E-state index contributed by atoms with van der Waals surface area (Å²) < 4.78 is 32.6. The highest BCUT2D eigenvalue weighted by Crippen LogP contribution is 2.29. The lowest BCUT2D eigenvalue weighted by atomic mass is 10.00. The van der Waals surface area contributed by atoms with Gasteiger partial charge >= 0.3 is 0 Å². The van der Waals surface area contributed by atoms with Crippen LogP contribution in [-0.2, 0) is 10.0 Å². The van der Waals surface area contributed by atoms with Crippen LogP contribution in [0.2, 0.25) is 0 Å². The summed E-state index contributed by atoms with van der Waals surface area (Å²) in [5.74, 6) is 0.661. The fourth-order valence-corrected chi connectivity index (χ4v) is 4.90. The second-order valence-electron chi connectivity index (χ2n) is 5.67. The zero-order valence-electron chi connectivity index (χ0n) is 12.9. The van der Waals surface area contributed by atoms with Crippen LogP contribution in [-0.4, -0.2) is 38.5 Å². The minimum absolute atomic E-state index is 0.120. The Balaban J connectivity index is 2.40. The van der Waals surface area contributed by atoms with E-state index in [-0.39, 0.29) is 12.1 Å². The molecule has 1 heterocycles. The van der Waals surface area contributed by atoms with Crippen molar-refractivity contribution in [3.05, 3.63) is 23.8 Å². The number of aryl methyl sites for hydroxylation is 1. The van der Waals surface area contributed by atoms with Crippen molar-refractivity contribution in [3.8, 4) is 5.75 Å². The van der Waals surface area contributed by atoms with Gasteiger partial charge in [0.15, 0.2) is 0 Å². The molecule has 0 amide bonds. The highest BCUT2D eigenvalue weighted by molar-refractivity contribution is 7.89. The molecule has 0 spiro atoms. The van der Waals surface area contributed by atoms with Gasteiger partial charge < -0.3 is 10.5 Å². The largest absolute Gasteiger partial charge is 0.497 e. The summed E-state index contributed by atoms with van der Waals surface area (Å²) in [6.45, 7) is 4.21. The lowest BCUT2D eigenvalue weighted by molar-refractivity contribution is 0.227. The van der Waals surface area contributed by atoms with Crippen LogP contribution in [0.15, 0.2) is 23.1 Å². The zero-order chi connectivity index (χ0) is 15.6. The maximum absolute atomic E-state index is 13.0. The van der Waals surface area contributed by atoms with Crippen LogP contribution in [0.25, 0.3) is 0 Å². The maximum Gasteiger partial charge on any atom is 0.243 e. The van der Waals surface area contributed by atoms with Crippen molar-refractivity contribution >= 4 is 10.0 Å². The van der Waals surface area contributed by atoms with Gasteiger partial charge in [-0.1, -0.05) is 6.42 Å². The summed E-state index contributed by atoms with van der Waals surface area (Å²) >= 11 is 0. The molecule has 0 aromatic heterocycles. The molecule has 1 saturated heterocycles.